The SMILES string of the molecule is CC[NH+]=CC=CC=CC=Cc1ccc([NH+](C)CCSSCCN(C)c2ccc(C=Cc3cccc[n+]3CC)cc2)cc1. The fourth-order valence-electron chi connectivity index (χ4n) is 4.19. The summed E-state index contributed by atoms with van der Waals surface area (Å²) in [6.45, 7) is 8.31. The number of hydrogen-bond donors (Lipinski definition) is 2. The first kappa shape index (κ1) is 33.2. The minimum absolute atomic E-state index is 0.946. The van der Waals surface area contributed by atoms with Crippen molar-refractivity contribution in [2.24, 2.45) is 0 Å². The van der Waals surface area contributed by atoms with Gasteiger partial charge in [-0.15, -0.1) is 0 Å². The van der Waals surface area contributed by atoms with Crippen molar-refractivity contribution in [2.45, 2.75) is 20.4 Å². The molecular formula is C36H47N4S2+3. The van der Waals surface area contributed by atoms with Gasteiger partial charge in [-0.2, -0.15) is 4.57 Å². The molecule has 0 bridgehead atoms. The molecule has 1 heterocycles. The Kier molecular flexibility index (Phi) is 15.6. The Balaban J connectivity index is 1.32. The summed E-state index contributed by atoms with van der Waals surface area (Å²) in [4.78, 5) is 6.94. The van der Waals surface area contributed by atoms with Gasteiger partial charge in [0.2, 0.25) is 5.69 Å². The van der Waals surface area contributed by atoms with Gasteiger partial charge in [-0.05, 0) is 73.5 Å². The minimum Gasteiger partial charge on any atom is -0.374 e. The van der Waals surface area contributed by atoms with Gasteiger partial charge >= 0.3 is 0 Å². The minimum atomic E-state index is 0.946. The highest BCUT2D eigenvalue weighted by molar-refractivity contribution is 8.76. The molecule has 1 atom stereocenters. The molecule has 3 aromatic rings. The van der Waals surface area contributed by atoms with E-state index in [9.17, 15) is 0 Å². The van der Waals surface area contributed by atoms with E-state index in [1.165, 1.54) is 33.1 Å². The second-order valence-corrected chi connectivity index (χ2v) is 12.6. The summed E-state index contributed by atoms with van der Waals surface area (Å²) in [6.07, 6.45) is 20.8. The lowest BCUT2D eigenvalue weighted by Gasteiger charge is -2.19. The number of benzene rings is 2. The first-order valence-corrected chi connectivity index (χ1v) is 17.3. The fourth-order valence-corrected chi connectivity index (χ4v) is 6.34. The molecule has 2 aromatic carbocycles. The maximum Gasteiger partial charge on any atom is 0.205 e. The normalized spacial score (nSPS) is 13.0. The Hall–Kier alpha value is -3.32. The van der Waals surface area contributed by atoms with Gasteiger partial charge in [0.1, 0.15) is 18.8 Å². The topological polar surface area (TPSA) is 25.5 Å². The summed E-state index contributed by atoms with van der Waals surface area (Å²) in [5.74, 6) is 2.23. The Morgan fingerprint density at radius 3 is 2.24 bits per heavy atom. The summed E-state index contributed by atoms with van der Waals surface area (Å²) in [6, 6.07) is 24.0. The number of nitrogens with one attached hydrogen (secondary N) is 2. The monoisotopic (exact) mass is 599 g/mol. The molecule has 1 aromatic heterocycles. The summed E-state index contributed by atoms with van der Waals surface area (Å²) >= 11 is 0. The van der Waals surface area contributed by atoms with E-state index in [1.54, 1.807) is 0 Å². The number of hydrogen-bond acceptors (Lipinski definition) is 3. The molecule has 2 N–H and O–H groups in total. The van der Waals surface area contributed by atoms with Crippen LogP contribution >= 0.6 is 21.6 Å². The molecule has 0 fully saturated rings. The lowest BCUT2D eigenvalue weighted by atomic mass is 10.1. The van der Waals surface area contributed by atoms with Crippen LogP contribution in [0.25, 0.3) is 18.2 Å². The van der Waals surface area contributed by atoms with Crippen LogP contribution in [0.15, 0.2) is 103 Å². The van der Waals surface area contributed by atoms with Gasteiger partial charge in [0.25, 0.3) is 0 Å². The number of allylic oxidation sites excluding steroid dienone is 5. The summed E-state index contributed by atoms with van der Waals surface area (Å²) < 4.78 is 2.25. The maximum absolute atomic E-state index is 3.15. The molecule has 0 amide bonds. The Morgan fingerprint density at radius 2 is 1.48 bits per heavy atom. The van der Waals surface area contributed by atoms with Crippen LogP contribution in [0.3, 0.4) is 0 Å². The number of aryl methyl sites for hydroxylation is 1. The van der Waals surface area contributed by atoms with E-state index >= 15 is 0 Å². The molecule has 6 heteroatoms. The fraction of sp³-hybridized carbons (Fsp3) is 0.278. The quantitative estimate of drug-likeness (QED) is 0.0741. The second-order valence-electron chi connectivity index (χ2n) is 9.91. The lowest BCUT2D eigenvalue weighted by molar-refractivity contribution is -0.807. The molecule has 0 aliphatic rings. The van der Waals surface area contributed by atoms with E-state index in [0.717, 1.165) is 37.7 Å². The maximum atomic E-state index is 3.15. The van der Waals surface area contributed by atoms with E-state index in [2.05, 4.69) is 146 Å². The van der Waals surface area contributed by atoms with Crippen LogP contribution in [0.5, 0.6) is 0 Å². The third kappa shape index (κ3) is 12.3. The van der Waals surface area contributed by atoms with Gasteiger partial charge in [0.15, 0.2) is 12.4 Å². The van der Waals surface area contributed by atoms with Crippen LogP contribution < -0.4 is 19.4 Å². The largest absolute Gasteiger partial charge is 0.374 e. The van der Waals surface area contributed by atoms with Gasteiger partial charge in [0.05, 0.1) is 19.3 Å². The van der Waals surface area contributed by atoms with E-state index in [-0.39, 0.29) is 0 Å². The average molecular weight is 600 g/mol. The molecule has 42 heavy (non-hydrogen) atoms. The van der Waals surface area contributed by atoms with E-state index in [0.29, 0.717) is 0 Å². The molecule has 3 rings (SSSR count). The predicted molar refractivity (Wildman–Crippen MR) is 189 cm³/mol. The van der Waals surface area contributed by atoms with Crippen molar-refractivity contribution < 1.29 is 14.5 Å². The highest BCUT2D eigenvalue weighted by Gasteiger charge is 2.07. The van der Waals surface area contributed by atoms with E-state index < -0.39 is 0 Å². The second kappa shape index (κ2) is 19.7. The smallest absolute Gasteiger partial charge is 0.205 e. The van der Waals surface area contributed by atoms with Crippen molar-refractivity contribution in [3.8, 4) is 0 Å². The van der Waals surface area contributed by atoms with Crippen LogP contribution in [-0.2, 0) is 6.54 Å². The average Bonchev–Trinajstić information content (AvgIpc) is 3.03. The lowest BCUT2D eigenvalue weighted by Crippen LogP contribution is -3.04. The van der Waals surface area contributed by atoms with Crippen LogP contribution in [0, 0.1) is 0 Å². The van der Waals surface area contributed by atoms with E-state index in [4.69, 9.17) is 0 Å². The Labute approximate surface area is 261 Å². The van der Waals surface area contributed by atoms with Crippen molar-refractivity contribution in [3.63, 3.8) is 0 Å². The molecular weight excluding hydrogens is 553 g/mol. The zero-order chi connectivity index (χ0) is 29.8. The Morgan fingerprint density at radius 1 is 0.786 bits per heavy atom. The van der Waals surface area contributed by atoms with Crippen molar-refractivity contribution in [2.75, 3.05) is 50.1 Å². The number of pyridine rings is 1. The zero-order valence-corrected chi connectivity index (χ0v) is 27.2. The van der Waals surface area contributed by atoms with Crippen LogP contribution in [0.2, 0.25) is 0 Å². The van der Waals surface area contributed by atoms with E-state index in [1.807, 2.05) is 46.0 Å². The molecule has 0 saturated carbocycles. The number of nitrogens with zero attached hydrogens (tertiary/aromatic N) is 2. The summed E-state index contributed by atoms with van der Waals surface area (Å²) in [7, 11) is 8.38. The third-order valence-corrected chi connectivity index (χ3v) is 9.19. The van der Waals surface area contributed by atoms with Gasteiger partial charge in [-0.3, -0.25) is 0 Å². The van der Waals surface area contributed by atoms with Crippen molar-refractivity contribution >= 4 is 57.4 Å². The number of rotatable bonds is 17. The summed E-state index contributed by atoms with van der Waals surface area (Å²) in [5.41, 5.74) is 6.25. The number of quaternary nitrogens is 1. The van der Waals surface area contributed by atoms with Crippen molar-refractivity contribution in [3.05, 3.63) is 120 Å². The predicted octanol–water partition coefficient (Wildman–Crippen LogP) is 5.13. The standard InChI is InChI=1S/C36H45N4S2/c1-5-37-26-12-9-7-8-10-14-32-16-21-34(22-17-32)38(3)28-30-41-42-31-29-39(4)35-23-18-33(19-24-35)20-25-36-15-11-13-27-40(36)6-2/h7-27H,5-6,28-31H2,1-4H3/q+1/p+2. The highest BCUT2D eigenvalue weighted by atomic mass is 33.1. The first-order valence-electron chi connectivity index (χ1n) is 14.8. The molecule has 4 nitrogen and oxygen atoms in total. The first-order chi connectivity index (χ1) is 20.6. The van der Waals surface area contributed by atoms with Gasteiger partial charge in [-0.25, -0.2) is 4.99 Å². The van der Waals surface area contributed by atoms with Gasteiger partial charge < -0.3 is 9.80 Å². The summed E-state index contributed by atoms with van der Waals surface area (Å²) in [5, 5.41) is 0. The Bertz CT molecular complexity index is 1330. The molecule has 1 unspecified atom stereocenters. The third-order valence-electron chi connectivity index (χ3n) is 6.81. The van der Waals surface area contributed by atoms with Crippen molar-refractivity contribution in [1.29, 1.82) is 0 Å². The molecule has 0 spiro atoms. The van der Waals surface area contributed by atoms with Gasteiger partial charge in [0, 0.05) is 49.3 Å². The molecule has 0 aliphatic carbocycles. The van der Waals surface area contributed by atoms with Crippen LogP contribution in [-0.4, -0.2) is 51.4 Å². The van der Waals surface area contributed by atoms with Crippen LogP contribution in [0.4, 0.5) is 11.4 Å². The molecule has 0 radical (unpaired) electrons. The molecule has 0 saturated heterocycles. The zero-order valence-electron chi connectivity index (χ0n) is 25.6. The van der Waals surface area contributed by atoms with Crippen LogP contribution in [0.1, 0.15) is 30.7 Å². The molecule has 220 valence electrons. The molecule has 0 aliphatic heterocycles. The van der Waals surface area contributed by atoms with Gasteiger partial charge in [-0.1, -0.05) is 64.1 Å². The highest BCUT2D eigenvalue weighted by Crippen LogP contribution is 2.22. The van der Waals surface area contributed by atoms with Crippen molar-refractivity contribution in [1.82, 2.24) is 0 Å². The number of anilines is 1. The number of aromatic nitrogens is 1.